The molecule has 24 heavy (non-hydrogen) atoms. The van der Waals surface area contributed by atoms with E-state index in [1.807, 2.05) is 20.8 Å². The van der Waals surface area contributed by atoms with E-state index < -0.39 is 5.60 Å². The van der Waals surface area contributed by atoms with Gasteiger partial charge in [-0.15, -0.1) is 5.10 Å². The van der Waals surface area contributed by atoms with Gasteiger partial charge in [0.05, 0.1) is 18.3 Å². The molecule has 0 aliphatic carbocycles. The molecule has 0 aromatic carbocycles. The van der Waals surface area contributed by atoms with Crippen LogP contribution in [0.1, 0.15) is 54.5 Å². The molecule has 0 spiro atoms. The lowest BCUT2D eigenvalue weighted by Gasteiger charge is -2.38. The number of aromatic nitrogens is 4. The van der Waals surface area contributed by atoms with Gasteiger partial charge < -0.3 is 10.0 Å². The number of hydrogen-bond acceptors (Lipinski definition) is 5. The molecular formula is C17H23N5O2. The number of hydrogen-bond donors (Lipinski definition) is 1. The lowest BCUT2D eigenvalue weighted by molar-refractivity contribution is -0.0321. The number of aryl methyl sites for hydroxylation is 1. The van der Waals surface area contributed by atoms with Crippen LogP contribution in [0.4, 0.5) is 0 Å². The van der Waals surface area contributed by atoms with Gasteiger partial charge in [-0.1, -0.05) is 5.21 Å². The highest BCUT2D eigenvalue weighted by molar-refractivity contribution is 5.95. The van der Waals surface area contributed by atoms with Crippen molar-refractivity contribution in [2.24, 2.45) is 0 Å². The highest BCUT2D eigenvalue weighted by Gasteiger charge is 2.39. The van der Waals surface area contributed by atoms with Crippen LogP contribution in [0.2, 0.25) is 0 Å². The number of rotatable bonds is 3. The topological polar surface area (TPSA) is 84.1 Å². The van der Waals surface area contributed by atoms with Crippen LogP contribution >= 0.6 is 0 Å². The van der Waals surface area contributed by atoms with Crippen LogP contribution in [0.25, 0.3) is 0 Å². The Kier molecular flexibility index (Phi) is 4.36. The number of aliphatic hydroxyl groups is 1. The Morgan fingerprint density at radius 1 is 1.42 bits per heavy atom. The van der Waals surface area contributed by atoms with Gasteiger partial charge in [0.15, 0.2) is 0 Å². The smallest absolute Gasteiger partial charge is 0.255 e. The fourth-order valence-corrected chi connectivity index (χ4v) is 3.04. The van der Waals surface area contributed by atoms with Crippen LogP contribution in [0, 0.1) is 6.92 Å². The molecule has 2 aromatic rings. The number of β-amino-alcohol motifs (C(OH)–C–C–N with tert-alkyl or cyclic N) is 1. The molecule has 0 radical (unpaired) electrons. The molecule has 0 bridgehead atoms. The van der Waals surface area contributed by atoms with E-state index >= 15 is 0 Å². The SMILES string of the molecule is Cc1ncccc1C(=O)N1CCCC(O)(c2cn(C(C)C)nn2)C1. The van der Waals surface area contributed by atoms with Crippen molar-refractivity contribution in [2.45, 2.75) is 45.3 Å². The molecule has 1 aliphatic rings. The lowest BCUT2D eigenvalue weighted by atomic mass is 9.89. The molecule has 3 heterocycles. The summed E-state index contributed by atoms with van der Waals surface area (Å²) in [6.07, 6.45) is 4.73. The van der Waals surface area contributed by atoms with Gasteiger partial charge in [0, 0.05) is 24.5 Å². The molecule has 1 atom stereocenters. The predicted molar refractivity (Wildman–Crippen MR) is 88.4 cm³/mol. The number of pyridine rings is 1. The van der Waals surface area contributed by atoms with E-state index in [1.54, 1.807) is 34.1 Å². The second kappa shape index (κ2) is 6.32. The monoisotopic (exact) mass is 329 g/mol. The van der Waals surface area contributed by atoms with E-state index in [2.05, 4.69) is 15.3 Å². The number of nitrogens with zero attached hydrogens (tertiary/aromatic N) is 5. The van der Waals surface area contributed by atoms with E-state index in [-0.39, 0.29) is 18.5 Å². The maximum Gasteiger partial charge on any atom is 0.255 e. The Balaban J connectivity index is 1.83. The summed E-state index contributed by atoms with van der Waals surface area (Å²) in [4.78, 5) is 18.6. The Morgan fingerprint density at radius 3 is 2.88 bits per heavy atom. The molecule has 7 nitrogen and oxygen atoms in total. The minimum Gasteiger partial charge on any atom is -0.382 e. The van der Waals surface area contributed by atoms with Crippen LogP contribution in [0.15, 0.2) is 24.5 Å². The van der Waals surface area contributed by atoms with E-state index in [0.29, 0.717) is 29.9 Å². The van der Waals surface area contributed by atoms with Crippen molar-refractivity contribution in [2.75, 3.05) is 13.1 Å². The summed E-state index contributed by atoms with van der Waals surface area (Å²) in [7, 11) is 0. The molecule has 0 saturated carbocycles. The Labute approximate surface area is 141 Å². The fraction of sp³-hybridized carbons (Fsp3) is 0.529. The first-order valence-electron chi connectivity index (χ1n) is 8.26. The van der Waals surface area contributed by atoms with Gasteiger partial charge in [0.25, 0.3) is 5.91 Å². The first kappa shape index (κ1) is 16.6. The standard InChI is InChI=1S/C17H23N5O2/c1-12(2)22-10-15(19-20-22)17(24)7-5-9-21(11-17)16(23)14-6-4-8-18-13(14)3/h4,6,8,10,12,24H,5,7,9,11H2,1-3H3. The summed E-state index contributed by atoms with van der Waals surface area (Å²) in [5, 5.41) is 19.2. The summed E-state index contributed by atoms with van der Waals surface area (Å²) in [5.74, 6) is -0.102. The minimum atomic E-state index is -1.16. The van der Waals surface area contributed by atoms with Crippen molar-refractivity contribution < 1.29 is 9.90 Å². The van der Waals surface area contributed by atoms with Gasteiger partial charge in [-0.3, -0.25) is 9.78 Å². The van der Waals surface area contributed by atoms with Crippen LogP contribution in [-0.4, -0.2) is 49.0 Å². The fourth-order valence-electron chi connectivity index (χ4n) is 3.04. The maximum absolute atomic E-state index is 12.8. The van der Waals surface area contributed by atoms with E-state index in [1.165, 1.54) is 0 Å². The van der Waals surface area contributed by atoms with Gasteiger partial charge in [-0.25, -0.2) is 4.68 Å². The van der Waals surface area contributed by atoms with Gasteiger partial charge in [0.2, 0.25) is 0 Å². The molecule has 1 fully saturated rings. The largest absolute Gasteiger partial charge is 0.382 e. The molecule has 7 heteroatoms. The molecule has 1 unspecified atom stereocenters. The van der Waals surface area contributed by atoms with Gasteiger partial charge in [-0.05, 0) is 45.7 Å². The maximum atomic E-state index is 12.8. The van der Waals surface area contributed by atoms with E-state index in [9.17, 15) is 9.90 Å². The van der Waals surface area contributed by atoms with Crippen molar-refractivity contribution in [3.05, 3.63) is 41.5 Å². The molecule has 128 valence electrons. The summed E-state index contributed by atoms with van der Waals surface area (Å²) >= 11 is 0. The normalized spacial score (nSPS) is 21.3. The van der Waals surface area contributed by atoms with E-state index in [0.717, 1.165) is 6.42 Å². The summed E-state index contributed by atoms with van der Waals surface area (Å²) in [6, 6.07) is 3.70. The van der Waals surface area contributed by atoms with Crippen molar-refractivity contribution >= 4 is 5.91 Å². The first-order valence-corrected chi connectivity index (χ1v) is 8.26. The zero-order valence-electron chi connectivity index (χ0n) is 14.3. The summed E-state index contributed by atoms with van der Waals surface area (Å²) in [6.45, 7) is 6.66. The molecular weight excluding hydrogens is 306 g/mol. The third-order valence-corrected chi connectivity index (χ3v) is 4.51. The lowest BCUT2D eigenvalue weighted by Crippen LogP contribution is -2.49. The Hall–Kier alpha value is -2.28. The van der Waals surface area contributed by atoms with Crippen LogP contribution < -0.4 is 0 Å². The predicted octanol–water partition coefficient (Wildman–Crippen LogP) is 1.69. The van der Waals surface area contributed by atoms with E-state index in [4.69, 9.17) is 0 Å². The van der Waals surface area contributed by atoms with Gasteiger partial charge in [0.1, 0.15) is 11.3 Å². The number of carbonyl (C=O) groups is 1. The second-order valence-corrected chi connectivity index (χ2v) is 6.68. The Morgan fingerprint density at radius 2 is 2.21 bits per heavy atom. The highest BCUT2D eigenvalue weighted by Crippen LogP contribution is 2.31. The zero-order chi connectivity index (χ0) is 17.3. The summed E-state index contributed by atoms with van der Waals surface area (Å²) < 4.78 is 1.72. The van der Waals surface area contributed by atoms with Crippen molar-refractivity contribution in [1.82, 2.24) is 24.9 Å². The number of likely N-dealkylation sites (tertiary alicyclic amines) is 1. The quantitative estimate of drug-likeness (QED) is 0.926. The van der Waals surface area contributed by atoms with Crippen LogP contribution in [0.3, 0.4) is 0 Å². The van der Waals surface area contributed by atoms with Crippen molar-refractivity contribution in [3.63, 3.8) is 0 Å². The average molecular weight is 329 g/mol. The average Bonchev–Trinajstić information content (AvgIpc) is 3.06. The molecule has 2 aromatic heterocycles. The molecule has 1 aliphatic heterocycles. The number of carbonyl (C=O) groups excluding carboxylic acids is 1. The zero-order valence-corrected chi connectivity index (χ0v) is 14.3. The van der Waals surface area contributed by atoms with Gasteiger partial charge >= 0.3 is 0 Å². The number of amides is 1. The molecule has 1 amide bonds. The summed E-state index contributed by atoms with van der Waals surface area (Å²) in [5.41, 5.74) is 0.642. The first-order chi connectivity index (χ1) is 11.4. The third kappa shape index (κ3) is 3.03. The minimum absolute atomic E-state index is 0.102. The van der Waals surface area contributed by atoms with Crippen LogP contribution in [-0.2, 0) is 5.60 Å². The third-order valence-electron chi connectivity index (χ3n) is 4.51. The second-order valence-electron chi connectivity index (χ2n) is 6.68. The van der Waals surface area contributed by atoms with Crippen molar-refractivity contribution in [1.29, 1.82) is 0 Å². The Bertz CT molecular complexity index is 742. The van der Waals surface area contributed by atoms with Crippen LogP contribution in [0.5, 0.6) is 0 Å². The molecule has 1 N–H and O–H groups in total. The number of piperidine rings is 1. The van der Waals surface area contributed by atoms with Gasteiger partial charge in [-0.2, -0.15) is 0 Å². The highest BCUT2D eigenvalue weighted by atomic mass is 16.3. The molecule has 1 saturated heterocycles. The molecule has 3 rings (SSSR count). The van der Waals surface area contributed by atoms with Crippen molar-refractivity contribution in [3.8, 4) is 0 Å².